The number of H-pyrrole nitrogens is 2. The third-order valence-corrected chi connectivity index (χ3v) is 3.50. The van der Waals surface area contributed by atoms with Crippen LogP contribution >= 0.6 is 0 Å². The summed E-state index contributed by atoms with van der Waals surface area (Å²) in [6.07, 6.45) is 4.58. The van der Waals surface area contributed by atoms with E-state index in [0.29, 0.717) is 5.82 Å². The van der Waals surface area contributed by atoms with Gasteiger partial charge < -0.3 is 4.98 Å². The van der Waals surface area contributed by atoms with E-state index in [1.807, 2.05) is 0 Å². The van der Waals surface area contributed by atoms with Crippen LogP contribution in [-0.4, -0.2) is 28.6 Å². The summed E-state index contributed by atoms with van der Waals surface area (Å²) in [6, 6.07) is 0.959. The molecule has 2 heterocycles. The Balaban J connectivity index is 2.16. The first-order valence-electron chi connectivity index (χ1n) is 4.60. The van der Waals surface area contributed by atoms with E-state index in [2.05, 4.69) is 24.9 Å². The molecule has 1 unspecified atom stereocenters. The molecule has 86 valence electrons. The molecule has 0 aromatic carbocycles. The zero-order chi connectivity index (χ0) is 11.6. The van der Waals surface area contributed by atoms with Crippen LogP contribution in [0.1, 0.15) is 18.8 Å². The van der Waals surface area contributed by atoms with E-state index in [-0.39, 0.29) is 5.03 Å². The van der Waals surface area contributed by atoms with Crippen LogP contribution in [0.25, 0.3) is 0 Å². The second kappa shape index (κ2) is 4.06. The fourth-order valence-electron chi connectivity index (χ4n) is 1.26. The maximum absolute atomic E-state index is 11.8. The van der Waals surface area contributed by atoms with Crippen molar-refractivity contribution in [2.45, 2.75) is 18.0 Å². The van der Waals surface area contributed by atoms with E-state index in [1.165, 1.54) is 12.3 Å². The van der Waals surface area contributed by atoms with Gasteiger partial charge in [0.25, 0.3) is 10.0 Å². The molecule has 0 spiro atoms. The van der Waals surface area contributed by atoms with Crippen LogP contribution in [0.3, 0.4) is 0 Å². The van der Waals surface area contributed by atoms with Gasteiger partial charge in [-0.15, -0.1) is 0 Å². The zero-order valence-corrected chi connectivity index (χ0v) is 9.32. The van der Waals surface area contributed by atoms with Gasteiger partial charge in [0.15, 0.2) is 5.03 Å². The predicted octanol–water partition coefficient (Wildman–Crippen LogP) is 0.172. The van der Waals surface area contributed by atoms with Crippen LogP contribution < -0.4 is 4.72 Å². The van der Waals surface area contributed by atoms with Crippen molar-refractivity contribution in [2.24, 2.45) is 0 Å². The lowest BCUT2D eigenvalue weighted by Crippen LogP contribution is -2.27. The van der Waals surface area contributed by atoms with Crippen LogP contribution in [0.15, 0.2) is 29.7 Å². The lowest BCUT2D eigenvalue weighted by molar-refractivity contribution is 0.557. The summed E-state index contributed by atoms with van der Waals surface area (Å²) in [6.45, 7) is 1.70. The third kappa shape index (κ3) is 2.12. The minimum Gasteiger partial charge on any atom is -0.347 e. The molecule has 0 aliphatic carbocycles. The highest BCUT2D eigenvalue weighted by Gasteiger charge is 2.20. The van der Waals surface area contributed by atoms with Crippen LogP contribution in [0.2, 0.25) is 0 Å². The van der Waals surface area contributed by atoms with Gasteiger partial charge in [0.05, 0.1) is 12.2 Å². The van der Waals surface area contributed by atoms with E-state index in [4.69, 9.17) is 0 Å². The minimum atomic E-state index is -3.57. The molecule has 2 aromatic heterocycles. The molecule has 0 bridgehead atoms. The molecule has 8 heteroatoms. The molecule has 0 amide bonds. The van der Waals surface area contributed by atoms with Crippen molar-refractivity contribution in [3.8, 4) is 0 Å². The van der Waals surface area contributed by atoms with E-state index in [9.17, 15) is 8.42 Å². The molecule has 1 atom stereocenters. The third-order valence-electron chi connectivity index (χ3n) is 2.03. The number of sulfonamides is 1. The number of nitrogens with zero attached hydrogens (tertiary/aromatic N) is 2. The summed E-state index contributed by atoms with van der Waals surface area (Å²) in [5, 5.41) is 6.02. The molecule has 0 saturated heterocycles. The fourth-order valence-corrected chi connectivity index (χ4v) is 2.38. The second-order valence-corrected chi connectivity index (χ2v) is 4.92. The Bertz CT molecular complexity index is 531. The van der Waals surface area contributed by atoms with E-state index < -0.39 is 16.1 Å². The Hall–Kier alpha value is -1.67. The molecule has 0 saturated carbocycles. The van der Waals surface area contributed by atoms with Gasteiger partial charge in [-0.2, -0.15) is 9.82 Å². The van der Waals surface area contributed by atoms with Gasteiger partial charge in [0.2, 0.25) is 0 Å². The normalized spacial score (nSPS) is 13.8. The molecule has 2 rings (SSSR count). The Morgan fingerprint density at radius 2 is 2.25 bits per heavy atom. The molecule has 0 aliphatic heterocycles. The Morgan fingerprint density at radius 3 is 2.81 bits per heavy atom. The Morgan fingerprint density at radius 1 is 1.44 bits per heavy atom. The molecule has 16 heavy (non-hydrogen) atoms. The lowest BCUT2D eigenvalue weighted by atomic mass is 10.3. The van der Waals surface area contributed by atoms with Crippen molar-refractivity contribution in [3.63, 3.8) is 0 Å². The molecule has 3 N–H and O–H groups in total. The fraction of sp³-hybridized carbons (Fsp3) is 0.250. The van der Waals surface area contributed by atoms with Crippen molar-refractivity contribution in [2.75, 3.05) is 0 Å². The predicted molar refractivity (Wildman–Crippen MR) is 55.9 cm³/mol. The number of aromatic nitrogens is 4. The van der Waals surface area contributed by atoms with Gasteiger partial charge in [-0.05, 0) is 13.0 Å². The van der Waals surface area contributed by atoms with Gasteiger partial charge in [-0.25, -0.2) is 13.4 Å². The molecule has 7 nitrogen and oxygen atoms in total. The number of imidazole rings is 1. The summed E-state index contributed by atoms with van der Waals surface area (Å²) in [5.74, 6) is 0.558. The zero-order valence-electron chi connectivity index (χ0n) is 8.51. The minimum absolute atomic E-state index is 0.0332. The molecule has 0 fully saturated rings. The summed E-state index contributed by atoms with van der Waals surface area (Å²) < 4.78 is 26.0. The maximum atomic E-state index is 11.8. The smallest absolute Gasteiger partial charge is 0.258 e. The maximum Gasteiger partial charge on any atom is 0.258 e. The lowest BCUT2D eigenvalue weighted by Gasteiger charge is -2.10. The van der Waals surface area contributed by atoms with Crippen molar-refractivity contribution >= 4 is 10.0 Å². The summed E-state index contributed by atoms with van der Waals surface area (Å²) >= 11 is 0. The van der Waals surface area contributed by atoms with Crippen LogP contribution in [0.4, 0.5) is 0 Å². The summed E-state index contributed by atoms with van der Waals surface area (Å²) in [5.41, 5.74) is 0. The SMILES string of the molecule is CC(NS(=O)(=O)c1ccn[nH]1)c1ncc[nH]1. The first kappa shape index (κ1) is 10.8. The summed E-state index contributed by atoms with van der Waals surface area (Å²) in [4.78, 5) is 6.81. The number of rotatable bonds is 4. The van der Waals surface area contributed by atoms with Crippen molar-refractivity contribution in [3.05, 3.63) is 30.5 Å². The Kier molecular flexibility index (Phi) is 2.75. The van der Waals surface area contributed by atoms with Crippen molar-refractivity contribution < 1.29 is 8.42 Å². The van der Waals surface area contributed by atoms with Gasteiger partial charge >= 0.3 is 0 Å². The highest BCUT2D eigenvalue weighted by atomic mass is 32.2. The molecule has 0 radical (unpaired) electrons. The highest BCUT2D eigenvalue weighted by Crippen LogP contribution is 2.11. The molecular weight excluding hydrogens is 230 g/mol. The van der Waals surface area contributed by atoms with Crippen LogP contribution in [0.5, 0.6) is 0 Å². The first-order chi connectivity index (χ1) is 7.59. The van der Waals surface area contributed by atoms with Crippen molar-refractivity contribution in [1.29, 1.82) is 0 Å². The first-order valence-corrected chi connectivity index (χ1v) is 6.09. The monoisotopic (exact) mass is 241 g/mol. The van der Waals surface area contributed by atoms with Crippen LogP contribution in [0, 0.1) is 0 Å². The van der Waals surface area contributed by atoms with Gasteiger partial charge in [0.1, 0.15) is 5.82 Å². The molecule has 2 aromatic rings. The summed E-state index contributed by atoms with van der Waals surface area (Å²) in [7, 11) is -3.57. The van der Waals surface area contributed by atoms with Gasteiger partial charge in [0, 0.05) is 12.4 Å². The van der Waals surface area contributed by atoms with Crippen molar-refractivity contribution in [1.82, 2.24) is 24.9 Å². The topological polar surface area (TPSA) is 104 Å². The molecule has 0 aliphatic rings. The largest absolute Gasteiger partial charge is 0.347 e. The highest BCUT2D eigenvalue weighted by molar-refractivity contribution is 7.89. The van der Waals surface area contributed by atoms with Gasteiger partial charge in [-0.1, -0.05) is 0 Å². The van der Waals surface area contributed by atoms with Crippen LogP contribution in [-0.2, 0) is 10.0 Å². The number of aromatic amines is 2. The number of nitrogens with one attached hydrogen (secondary N) is 3. The second-order valence-electron chi connectivity index (χ2n) is 3.24. The van der Waals surface area contributed by atoms with Gasteiger partial charge in [-0.3, -0.25) is 5.10 Å². The van der Waals surface area contributed by atoms with E-state index >= 15 is 0 Å². The quantitative estimate of drug-likeness (QED) is 0.709. The average molecular weight is 241 g/mol. The molecular formula is C8H11N5O2S. The van der Waals surface area contributed by atoms with E-state index in [1.54, 1.807) is 19.3 Å². The number of hydrogen-bond donors (Lipinski definition) is 3. The standard InChI is InChI=1S/C8H11N5O2S/c1-6(8-9-4-5-10-8)13-16(14,15)7-2-3-11-12-7/h2-6,13H,1H3,(H,9,10)(H,11,12). The average Bonchev–Trinajstić information content (AvgIpc) is 2.91. The van der Waals surface area contributed by atoms with E-state index in [0.717, 1.165) is 0 Å². The Labute approximate surface area is 92.4 Å². The number of hydrogen-bond acceptors (Lipinski definition) is 4.